The third-order valence-electron chi connectivity index (χ3n) is 1.18. The van der Waals surface area contributed by atoms with E-state index in [9.17, 15) is 0 Å². The van der Waals surface area contributed by atoms with Crippen molar-refractivity contribution in [3.63, 3.8) is 0 Å². The van der Waals surface area contributed by atoms with Crippen LogP contribution in [-0.4, -0.2) is 11.4 Å². The second-order valence-electron chi connectivity index (χ2n) is 2.27. The lowest BCUT2D eigenvalue weighted by molar-refractivity contribution is -0.0683. The number of aliphatic hydroxyl groups excluding tert-OH is 1. The van der Waals surface area contributed by atoms with Gasteiger partial charge in [-0.2, -0.15) is 0 Å². The lowest BCUT2D eigenvalue weighted by atomic mass is 10.3. The van der Waals surface area contributed by atoms with E-state index in [1.807, 2.05) is 13.8 Å². The van der Waals surface area contributed by atoms with Crippen LogP contribution in [0.3, 0.4) is 0 Å². The van der Waals surface area contributed by atoms with Gasteiger partial charge in [-0.05, 0) is 6.42 Å². The van der Waals surface area contributed by atoms with E-state index in [-0.39, 0.29) is 0 Å². The maximum Gasteiger partial charge on any atom is 0.196 e. The molecule has 0 radical (unpaired) electrons. The Morgan fingerprint density at radius 3 is 2.60 bits per heavy atom. The zero-order valence-corrected chi connectivity index (χ0v) is 6.76. The van der Waals surface area contributed by atoms with Gasteiger partial charge in [0.15, 0.2) is 6.29 Å². The van der Waals surface area contributed by atoms with Crippen LogP contribution in [0.25, 0.3) is 0 Å². The van der Waals surface area contributed by atoms with E-state index in [1.54, 1.807) is 0 Å². The first-order chi connectivity index (χ1) is 4.70. The Labute approximate surface area is 62.5 Å². The fraction of sp³-hybridized carbons (Fsp3) is 0.750. The minimum Gasteiger partial charge on any atom is -0.470 e. The monoisotopic (exact) mass is 144 g/mol. The molecule has 1 atom stereocenters. The third kappa shape index (κ3) is 4.39. The van der Waals surface area contributed by atoms with Crippen molar-refractivity contribution < 1.29 is 9.84 Å². The van der Waals surface area contributed by atoms with Gasteiger partial charge in [0.1, 0.15) is 0 Å². The smallest absolute Gasteiger partial charge is 0.196 e. The molecule has 60 valence electrons. The van der Waals surface area contributed by atoms with Gasteiger partial charge in [0, 0.05) is 12.8 Å². The molecule has 2 nitrogen and oxygen atoms in total. The number of aliphatic hydroxyl groups is 1. The molecule has 0 heterocycles. The van der Waals surface area contributed by atoms with Crippen molar-refractivity contribution >= 4 is 0 Å². The van der Waals surface area contributed by atoms with Crippen molar-refractivity contribution in [2.24, 2.45) is 0 Å². The van der Waals surface area contributed by atoms with Gasteiger partial charge >= 0.3 is 0 Å². The van der Waals surface area contributed by atoms with E-state index in [2.05, 4.69) is 6.58 Å². The number of allylic oxidation sites excluding steroid dienone is 1. The molecule has 0 saturated heterocycles. The number of hydrogen-bond donors (Lipinski definition) is 1. The van der Waals surface area contributed by atoms with Gasteiger partial charge in [0.2, 0.25) is 0 Å². The molecule has 0 rings (SSSR count). The average molecular weight is 144 g/mol. The molecule has 0 saturated carbocycles. The highest BCUT2D eigenvalue weighted by Crippen LogP contribution is 2.07. The van der Waals surface area contributed by atoms with Crippen molar-refractivity contribution in [2.45, 2.75) is 39.4 Å². The van der Waals surface area contributed by atoms with Gasteiger partial charge in [0.25, 0.3) is 0 Å². The summed E-state index contributed by atoms with van der Waals surface area (Å²) in [6.45, 7) is 7.56. The summed E-state index contributed by atoms with van der Waals surface area (Å²) < 4.78 is 5.00. The van der Waals surface area contributed by atoms with Crippen LogP contribution in [-0.2, 0) is 4.74 Å². The fourth-order valence-corrected chi connectivity index (χ4v) is 0.613. The molecule has 0 aromatic rings. The van der Waals surface area contributed by atoms with Crippen molar-refractivity contribution in [3.8, 4) is 0 Å². The van der Waals surface area contributed by atoms with Gasteiger partial charge in [-0.3, -0.25) is 0 Å². The summed E-state index contributed by atoms with van der Waals surface area (Å²) in [4.78, 5) is 0. The van der Waals surface area contributed by atoms with E-state index in [0.29, 0.717) is 12.2 Å². The standard InChI is InChI=1S/C8H16O2/c1-4-6-7(3)10-8(9)5-2/h8-9H,3-6H2,1-2H3. The summed E-state index contributed by atoms with van der Waals surface area (Å²) >= 11 is 0. The first-order valence-corrected chi connectivity index (χ1v) is 3.73. The molecule has 2 heteroatoms. The minimum atomic E-state index is -0.668. The summed E-state index contributed by atoms with van der Waals surface area (Å²) in [5, 5.41) is 8.97. The largest absolute Gasteiger partial charge is 0.470 e. The van der Waals surface area contributed by atoms with E-state index < -0.39 is 6.29 Å². The Kier molecular flexibility index (Phi) is 5.03. The normalized spacial score (nSPS) is 12.7. The first-order valence-electron chi connectivity index (χ1n) is 3.73. The highest BCUT2D eigenvalue weighted by molar-refractivity contribution is 4.81. The Morgan fingerprint density at radius 1 is 1.60 bits per heavy atom. The van der Waals surface area contributed by atoms with Crippen LogP contribution in [0.15, 0.2) is 12.3 Å². The van der Waals surface area contributed by atoms with Crippen LogP contribution in [0, 0.1) is 0 Å². The molecule has 0 amide bonds. The first kappa shape index (κ1) is 9.50. The summed E-state index contributed by atoms with van der Waals surface area (Å²) in [7, 11) is 0. The molecule has 1 unspecified atom stereocenters. The van der Waals surface area contributed by atoms with Crippen LogP contribution < -0.4 is 0 Å². The van der Waals surface area contributed by atoms with Crippen molar-refractivity contribution in [3.05, 3.63) is 12.3 Å². The van der Waals surface area contributed by atoms with E-state index >= 15 is 0 Å². The molecule has 0 fully saturated rings. The summed E-state index contributed by atoms with van der Waals surface area (Å²) in [6.07, 6.45) is 1.79. The van der Waals surface area contributed by atoms with Gasteiger partial charge in [-0.1, -0.05) is 20.4 Å². The molecule has 0 aromatic carbocycles. The predicted octanol–water partition coefficient (Wildman–Crippen LogP) is 2.05. The van der Waals surface area contributed by atoms with Crippen molar-refractivity contribution in [1.82, 2.24) is 0 Å². The summed E-state index contributed by atoms with van der Waals surface area (Å²) in [5.74, 6) is 0.678. The number of hydrogen-bond acceptors (Lipinski definition) is 2. The molecular formula is C8H16O2. The topological polar surface area (TPSA) is 29.5 Å². The molecule has 0 aliphatic heterocycles. The summed E-state index contributed by atoms with van der Waals surface area (Å²) in [6, 6.07) is 0. The van der Waals surface area contributed by atoms with E-state index in [4.69, 9.17) is 9.84 Å². The Bertz CT molecular complexity index is 99.4. The Balaban J connectivity index is 3.37. The van der Waals surface area contributed by atoms with Gasteiger partial charge in [-0.15, -0.1) is 0 Å². The Hall–Kier alpha value is -0.500. The molecule has 10 heavy (non-hydrogen) atoms. The lowest BCUT2D eigenvalue weighted by Gasteiger charge is -2.12. The van der Waals surface area contributed by atoms with E-state index in [1.165, 1.54) is 0 Å². The van der Waals surface area contributed by atoms with Crippen LogP contribution >= 0.6 is 0 Å². The molecule has 0 spiro atoms. The highest BCUT2D eigenvalue weighted by Gasteiger charge is 2.01. The van der Waals surface area contributed by atoms with Crippen LogP contribution in [0.4, 0.5) is 0 Å². The second-order valence-corrected chi connectivity index (χ2v) is 2.27. The maximum atomic E-state index is 8.97. The lowest BCUT2D eigenvalue weighted by Crippen LogP contribution is -2.08. The fourth-order valence-electron chi connectivity index (χ4n) is 0.613. The molecule has 0 bridgehead atoms. The number of ether oxygens (including phenoxy) is 1. The molecule has 0 aliphatic rings. The highest BCUT2D eigenvalue weighted by atomic mass is 16.6. The summed E-state index contributed by atoms with van der Waals surface area (Å²) in [5.41, 5.74) is 0. The molecule has 1 N–H and O–H groups in total. The van der Waals surface area contributed by atoms with Crippen LogP contribution in [0.5, 0.6) is 0 Å². The van der Waals surface area contributed by atoms with Crippen LogP contribution in [0.1, 0.15) is 33.1 Å². The SMILES string of the molecule is C=C(CCC)OC(O)CC. The zero-order chi connectivity index (χ0) is 7.98. The quantitative estimate of drug-likeness (QED) is 0.472. The second kappa shape index (κ2) is 5.30. The zero-order valence-electron chi connectivity index (χ0n) is 6.76. The molecule has 0 aromatic heterocycles. The predicted molar refractivity (Wildman–Crippen MR) is 41.4 cm³/mol. The third-order valence-corrected chi connectivity index (χ3v) is 1.18. The molecular weight excluding hydrogens is 128 g/mol. The molecule has 0 aliphatic carbocycles. The van der Waals surface area contributed by atoms with Crippen molar-refractivity contribution in [1.29, 1.82) is 0 Å². The Morgan fingerprint density at radius 2 is 2.20 bits per heavy atom. The van der Waals surface area contributed by atoms with Crippen LogP contribution in [0.2, 0.25) is 0 Å². The minimum absolute atomic E-state index is 0.614. The van der Waals surface area contributed by atoms with Gasteiger partial charge in [-0.25, -0.2) is 0 Å². The van der Waals surface area contributed by atoms with Gasteiger partial charge < -0.3 is 9.84 Å². The average Bonchev–Trinajstić information content (AvgIpc) is 1.88. The van der Waals surface area contributed by atoms with E-state index in [0.717, 1.165) is 12.8 Å². The van der Waals surface area contributed by atoms with Crippen molar-refractivity contribution in [2.75, 3.05) is 0 Å². The van der Waals surface area contributed by atoms with Gasteiger partial charge in [0.05, 0.1) is 5.76 Å². The maximum absolute atomic E-state index is 8.97. The number of rotatable bonds is 5.